The van der Waals surface area contributed by atoms with Crippen LogP contribution in [0.4, 0.5) is 10.7 Å². The van der Waals surface area contributed by atoms with Gasteiger partial charge in [-0.1, -0.05) is 32.9 Å². The van der Waals surface area contributed by atoms with Crippen LogP contribution in [0.2, 0.25) is 0 Å². The Morgan fingerprint density at radius 1 is 1.29 bits per heavy atom. The van der Waals surface area contributed by atoms with E-state index in [9.17, 15) is 9.59 Å². The third-order valence-electron chi connectivity index (χ3n) is 3.14. The van der Waals surface area contributed by atoms with Gasteiger partial charge in [0.05, 0.1) is 0 Å². The van der Waals surface area contributed by atoms with Crippen molar-refractivity contribution in [2.45, 2.75) is 26.2 Å². The average Bonchev–Trinajstić information content (AvgIpc) is 2.78. The van der Waals surface area contributed by atoms with Crippen molar-refractivity contribution in [3.63, 3.8) is 0 Å². The van der Waals surface area contributed by atoms with E-state index in [1.54, 1.807) is 0 Å². The van der Waals surface area contributed by atoms with Gasteiger partial charge in [0.25, 0.3) is 11.5 Å². The van der Waals surface area contributed by atoms with Crippen molar-refractivity contribution < 1.29 is 4.79 Å². The van der Waals surface area contributed by atoms with E-state index in [4.69, 9.17) is 0 Å². The van der Waals surface area contributed by atoms with Gasteiger partial charge in [-0.25, -0.2) is 0 Å². The first-order valence-corrected chi connectivity index (χ1v) is 7.45. The molecule has 0 aliphatic carbocycles. The Kier molecular flexibility index (Phi) is 4.18. The van der Waals surface area contributed by atoms with Gasteiger partial charge in [-0.3, -0.25) is 14.0 Å². The molecule has 0 fully saturated rings. The molecule has 2 aromatic rings. The minimum Gasteiger partial charge on any atom is -0.355 e. The van der Waals surface area contributed by atoms with Crippen molar-refractivity contribution in [1.29, 1.82) is 0 Å². The van der Waals surface area contributed by atoms with E-state index in [1.165, 1.54) is 12.6 Å². The molecule has 1 amide bonds. The third kappa shape index (κ3) is 3.33. The Morgan fingerprint density at radius 2 is 2.00 bits per heavy atom. The number of benzene rings is 1. The highest BCUT2D eigenvalue weighted by molar-refractivity contribution is 7.10. The normalized spacial score (nSPS) is 11.2. The molecule has 112 valence electrons. The monoisotopic (exact) mass is 305 g/mol. The Balaban J connectivity index is 2.36. The number of carbonyl (C=O) groups excluding carboxylic acids is 1. The second-order valence-corrected chi connectivity index (χ2v) is 6.59. The zero-order valence-corrected chi connectivity index (χ0v) is 13.4. The van der Waals surface area contributed by atoms with Crippen LogP contribution in [0.3, 0.4) is 0 Å². The van der Waals surface area contributed by atoms with E-state index < -0.39 is 5.91 Å². The molecule has 0 saturated heterocycles. The number of rotatable bonds is 3. The van der Waals surface area contributed by atoms with Gasteiger partial charge in [-0.2, -0.15) is 0 Å². The van der Waals surface area contributed by atoms with Crippen LogP contribution in [-0.4, -0.2) is 17.3 Å². The van der Waals surface area contributed by atoms with Crippen molar-refractivity contribution in [1.82, 2.24) is 9.69 Å². The second-order valence-electron chi connectivity index (χ2n) is 5.77. The molecular weight excluding hydrogens is 286 g/mol. The number of aromatic nitrogens is 1. The van der Waals surface area contributed by atoms with Crippen LogP contribution in [0.15, 0.2) is 29.1 Å². The molecule has 21 heavy (non-hydrogen) atoms. The number of aromatic amines is 1. The minimum atomic E-state index is -0.396. The van der Waals surface area contributed by atoms with Gasteiger partial charge < -0.3 is 10.6 Å². The first-order valence-electron chi connectivity index (χ1n) is 6.64. The summed E-state index contributed by atoms with van der Waals surface area (Å²) in [5.41, 5.74) is 1.80. The zero-order valence-electron chi connectivity index (χ0n) is 12.5. The van der Waals surface area contributed by atoms with Crippen LogP contribution in [0.5, 0.6) is 0 Å². The highest BCUT2D eigenvalue weighted by atomic mass is 32.1. The summed E-state index contributed by atoms with van der Waals surface area (Å²) in [6.45, 7) is 6.41. The number of amides is 1. The molecule has 3 N–H and O–H groups in total. The molecule has 2 rings (SSSR count). The fraction of sp³-hybridized carbons (Fsp3) is 0.333. The Hall–Kier alpha value is -2.08. The summed E-state index contributed by atoms with van der Waals surface area (Å²) in [5, 5.41) is 6.14. The quantitative estimate of drug-likeness (QED) is 0.816. The smallest absolute Gasteiger partial charge is 0.273 e. The van der Waals surface area contributed by atoms with Crippen LogP contribution >= 0.6 is 11.5 Å². The van der Waals surface area contributed by atoms with E-state index in [1.807, 2.05) is 18.2 Å². The van der Waals surface area contributed by atoms with Gasteiger partial charge in [-0.15, -0.1) is 0 Å². The Morgan fingerprint density at radius 3 is 2.62 bits per heavy atom. The maximum atomic E-state index is 11.8. The van der Waals surface area contributed by atoms with Gasteiger partial charge in [0, 0.05) is 12.7 Å². The lowest BCUT2D eigenvalue weighted by molar-refractivity contribution is 0.0963. The van der Waals surface area contributed by atoms with E-state index in [-0.39, 0.29) is 16.5 Å². The number of carbonyl (C=O) groups is 1. The van der Waals surface area contributed by atoms with Gasteiger partial charge in [0.2, 0.25) is 0 Å². The summed E-state index contributed by atoms with van der Waals surface area (Å²) in [5.74, 6) is -0.396. The fourth-order valence-electron chi connectivity index (χ4n) is 1.92. The molecule has 1 aromatic carbocycles. The highest BCUT2D eigenvalue weighted by Crippen LogP contribution is 2.27. The van der Waals surface area contributed by atoms with E-state index in [2.05, 4.69) is 41.8 Å². The lowest BCUT2D eigenvalue weighted by atomic mass is 9.87. The summed E-state index contributed by atoms with van der Waals surface area (Å²) in [4.78, 5) is 23.5. The topological polar surface area (TPSA) is 74.0 Å². The Labute approximate surface area is 127 Å². The van der Waals surface area contributed by atoms with Crippen LogP contribution in [0.25, 0.3) is 0 Å². The maximum Gasteiger partial charge on any atom is 0.273 e. The summed E-state index contributed by atoms with van der Waals surface area (Å²) >= 11 is 1.12. The number of nitrogens with one attached hydrogen (secondary N) is 3. The van der Waals surface area contributed by atoms with Crippen LogP contribution < -0.4 is 16.2 Å². The first-order chi connectivity index (χ1) is 9.82. The van der Waals surface area contributed by atoms with Crippen molar-refractivity contribution in [2.24, 2.45) is 0 Å². The number of hydrogen-bond acceptors (Lipinski definition) is 4. The minimum absolute atomic E-state index is 0.0343. The van der Waals surface area contributed by atoms with E-state index >= 15 is 0 Å². The number of anilines is 2. The summed E-state index contributed by atoms with van der Waals surface area (Å²) in [6, 6.07) is 7.95. The van der Waals surface area contributed by atoms with Crippen molar-refractivity contribution in [2.75, 3.05) is 12.4 Å². The third-order valence-corrected chi connectivity index (χ3v) is 3.94. The fourth-order valence-corrected chi connectivity index (χ4v) is 2.67. The van der Waals surface area contributed by atoms with Crippen LogP contribution in [0.1, 0.15) is 36.7 Å². The molecule has 1 aromatic heterocycles. The first kappa shape index (κ1) is 15.3. The van der Waals surface area contributed by atoms with Crippen molar-refractivity contribution >= 4 is 28.1 Å². The van der Waals surface area contributed by atoms with E-state index in [0.717, 1.165) is 17.2 Å². The molecule has 0 bridgehead atoms. The maximum absolute atomic E-state index is 11.8. The van der Waals surface area contributed by atoms with Gasteiger partial charge in [0.1, 0.15) is 10.6 Å². The average molecular weight is 305 g/mol. The predicted molar refractivity (Wildman–Crippen MR) is 86.8 cm³/mol. The molecular formula is C15H19N3O2S. The molecule has 5 nitrogen and oxygen atoms in total. The standard InChI is InChI=1S/C15H19N3O2S/c1-15(2,3)9-6-5-7-10(8-9)17-14-11(12(19)16-4)13(20)18-21-14/h5-8,17H,1-4H3,(H,16,19)(H,18,20). The molecule has 0 saturated carbocycles. The zero-order chi connectivity index (χ0) is 15.6. The molecule has 0 radical (unpaired) electrons. The van der Waals surface area contributed by atoms with Gasteiger partial charge >= 0.3 is 0 Å². The van der Waals surface area contributed by atoms with Gasteiger partial charge in [0.15, 0.2) is 0 Å². The molecule has 0 unspecified atom stereocenters. The SMILES string of the molecule is CNC(=O)c1c(Nc2cccc(C(C)(C)C)c2)s[nH]c1=O. The van der Waals surface area contributed by atoms with Crippen LogP contribution in [-0.2, 0) is 5.41 Å². The lowest BCUT2D eigenvalue weighted by Gasteiger charge is -2.20. The second kappa shape index (κ2) is 5.73. The largest absolute Gasteiger partial charge is 0.355 e. The summed E-state index contributed by atoms with van der Waals surface area (Å²) in [6.07, 6.45) is 0. The summed E-state index contributed by atoms with van der Waals surface area (Å²) in [7, 11) is 1.50. The molecule has 0 spiro atoms. The van der Waals surface area contributed by atoms with Crippen LogP contribution in [0, 0.1) is 0 Å². The molecule has 0 aliphatic rings. The van der Waals surface area contributed by atoms with Crippen molar-refractivity contribution in [3.05, 3.63) is 45.7 Å². The summed E-state index contributed by atoms with van der Waals surface area (Å²) < 4.78 is 2.58. The van der Waals surface area contributed by atoms with Gasteiger partial charge in [-0.05, 0) is 34.6 Å². The Bertz CT molecular complexity index is 710. The molecule has 0 aliphatic heterocycles. The highest BCUT2D eigenvalue weighted by Gasteiger charge is 2.18. The molecule has 1 heterocycles. The predicted octanol–water partition coefficient (Wildman–Crippen LogP) is 2.84. The van der Waals surface area contributed by atoms with E-state index in [0.29, 0.717) is 5.00 Å². The number of hydrogen-bond donors (Lipinski definition) is 3. The number of H-pyrrole nitrogens is 1. The molecule has 0 atom stereocenters. The lowest BCUT2D eigenvalue weighted by Crippen LogP contribution is -2.24. The van der Waals surface area contributed by atoms with Crippen molar-refractivity contribution in [3.8, 4) is 0 Å². The molecule has 6 heteroatoms.